The van der Waals surface area contributed by atoms with Gasteiger partial charge in [0, 0.05) is 41.6 Å². The highest BCUT2D eigenvalue weighted by Crippen LogP contribution is 2.20. The molecular formula is C23H24ClN5O. The maximum absolute atomic E-state index is 12.4. The van der Waals surface area contributed by atoms with E-state index >= 15 is 0 Å². The number of hydrogen-bond acceptors (Lipinski definition) is 5. The number of aryl methyl sites for hydroxylation is 1. The minimum atomic E-state index is -0.0866. The third kappa shape index (κ3) is 5.07. The zero-order valence-corrected chi connectivity index (χ0v) is 17.6. The van der Waals surface area contributed by atoms with E-state index in [1.54, 1.807) is 30.5 Å². The van der Waals surface area contributed by atoms with Crippen molar-refractivity contribution in [3.63, 3.8) is 0 Å². The Bertz CT molecular complexity index is 1020. The largest absolute Gasteiger partial charge is 0.349 e. The van der Waals surface area contributed by atoms with Gasteiger partial charge in [-0.25, -0.2) is 4.98 Å². The number of nitrogens with zero attached hydrogens (tertiary/aromatic N) is 3. The number of aromatic nitrogens is 2. The van der Waals surface area contributed by atoms with Gasteiger partial charge in [0.2, 0.25) is 5.95 Å². The van der Waals surface area contributed by atoms with E-state index in [0.29, 0.717) is 16.5 Å². The molecule has 0 saturated carbocycles. The monoisotopic (exact) mass is 421 g/mol. The number of piperidine rings is 1. The summed E-state index contributed by atoms with van der Waals surface area (Å²) in [6.07, 6.45) is 3.45. The van der Waals surface area contributed by atoms with E-state index in [2.05, 4.69) is 44.6 Å². The molecule has 0 aliphatic carbocycles. The fraction of sp³-hybridized carbons (Fsp3) is 0.261. The quantitative estimate of drug-likeness (QED) is 0.631. The molecule has 2 aromatic carbocycles. The van der Waals surface area contributed by atoms with Crippen LogP contribution in [-0.2, 0) is 0 Å². The molecule has 1 aromatic heterocycles. The number of carbonyl (C=O) groups excluding carboxylic acids is 1. The van der Waals surface area contributed by atoms with Gasteiger partial charge < -0.3 is 15.5 Å². The molecule has 4 rings (SSSR count). The first-order valence-corrected chi connectivity index (χ1v) is 10.4. The Hall–Kier alpha value is -3.12. The van der Waals surface area contributed by atoms with Crippen molar-refractivity contribution in [3.05, 3.63) is 76.9 Å². The van der Waals surface area contributed by atoms with Crippen molar-refractivity contribution in [3.8, 4) is 0 Å². The van der Waals surface area contributed by atoms with Crippen LogP contribution in [0, 0.1) is 6.92 Å². The molecule has 1 fully saturated rings. The molecule has 30 heavy (non-hydrogen) atoms. The van der Waals surface area contributed by atoms with Crippen LogP contribution in [-0.4, -0.2) is 35.0 Å². The molecule has 1 aliphatic heterocycles. The third-order valence-corrected chi connectivity index (χ3v) is 5.40. The van der Waals surface area contributed by atoms with Crippen molar-refractivity contribution in [1.29, 1.82) is 0 Å². The smallest absolute Gasteiger partial charge is 0.251 e. The molecular weight excluding hydrogens is 398 g/mol. The molecule has 6 nitrogen and oxygen atoms in total. The lowest BCUT2D eigenvalue weighted by molar-refractivity contribution is 0.0931. The highest BCUT2D eigenvalue weighted by Gasteiger charge is 2.23. The minimum Gasteiger partial charge on any atom is -0.349 e. The number of rotatable bonds is 5. The van der Waals surface area contributed by atoms with E-state index in [-0.39, 0.29) is 11.9 Å². The fourth-order valence-electron chi connectivity index (χ4n) is 3.48. The first-order valence-electron chi connectivity index (χ1n) is 10.0. The van der Waals surface area contributed by atoms with Gasteiger partial charge in [0.05, 0.1) is 0 Å². The van der Waals surface area contributed by atoms with Gasteiger partial charge in [0.25, 0.3) is 5.91 Å². The van der Waals surface area contributed by atoms with Crippen LogP contribution < -0.4 is 15.5 Å². The molecule has 2 N–H and O–H groups in total. The van der Waals surface area contributed by atoms with Gasteiger partial charge >= 0.3 is 0 Å². The second kappa shape index (κ2) is 9.13. The van der Waals surface area contributed by atoms with E-state index in [9.17, 15) is 4.79 Å². The summed E-state index contributed by atoms with van der Waals surface area (Å²) in [6, 6.07) is 17.2. The molecule has 154 valence electrons. The van der Waals surface area contributed by atoms with Gasteiger partial charge in [-0.1, -0.05) is 35.4 Å². The lowest BCUT2D eigenvalue weighted by Crippen LogP contribution is -2.45. The van der Waals surface area contributed by atoms with Crippen LogP contribution in [0.3, 0.4) is 0 Å². The van der Waals surface area contributed by atoms with Gasteiger partial charge in [0.15, 0.2) is 0 Å². The Morgan fingerprint density at radius 1 is 1.10 bits per heavy atom. The minimum absolute atomic E-state index is 0.0866. The van der Waals surface area contributed by atoms with Crippen LogP contribution in [0.2, 0.25) is 5.02 Å². The molecule has 0 spiro atoms. The molecule has 1 aliphatic rings. The zero-order valence-electron chi connectivity index (χ0n) is 16.8. The summed E-state index contributed by atoms with van der Waals surface area (Å²) in [5, 5.41) is 6.99. The second-order valence-corrected chi connectivity index (χ2v) is 7.91. The molecule has 7 heteroatoms. The Balaban J connectivity index is 1.33. The van der Waals surface area contributed by atoms with E-state index < -0.39 is 0 Å². The summed E-state index contributed by atoms with van der Waals surface area (Å²) in [4.78, 5) is 23.7. The molecule has 1 amide bonds. The lowest BCUT2D eigenvalue weighted by atomic mass is 10.0. The average molecular weight is 422 g/mol. The summed E-state index contributed by atoms with van der Waals surface area (Å²) >= 11 is 5.98. The molecule has 3 aromatic rings. The first-order chi connectivity index (χ1) is 14.6. The predicted octanol–water partition coefficient (Wildman–Crippen LogP) is 4.58. The van der Waals surface area contributed by atoms with Gasteiger partial charge in [-0.2, -0.15) is 4.98 Å². The number of carbonyl (C=O) groups is 1. The molecule has 1 saturated heterocycles. The Labute approximate surface area is 181 Å². The average Bonchev–Trinajstić information content (AvgIpc) is 2.76. The number of halogens is 1. The number of amides is 1. The van der Waals surface area contributed by atoms with Crippen molar-refractivity contribution in [1.82, 2.24) is 15.3 Å². The molecule has 0 atom stereocenters. The van der Waals surface area contributed by atoms with Crippen LogP contribution in [0.5, 0.6) is 0 Å². The van der Waals surface area contributed by atoms with Crippen LogP contribution in [0.15, 0.2) is 60.8 Å². The van der Waals surface area contributed by atoms with Crippen LogP contribution >= 0.6 is 11.6 Å². The Morgan fingerprint density at radius 2 is 1.87 bits per heavy atom. The van der Waals surface area contributed by atoms with E-state index in [4.69, 9.17) is 11.6 Å². The molecule has 0 radical (unpaired) electrons. The van der Waals surface area contributed by atoms with Crippen molar-refractivity contribution in [2.75, 3.05) is 23.3 Å². The lowest BCUT2D eigenvalue weighted by Gasteiger charge is -2.32. The predicted molar refractivity (Wildman–Crippen MR) is 121 cm³/mol. The summed E-state index contributed by atoms with van der Waals surface area (Å²) in [6.45, 7) is 3.64. The summed E-state index contributed by atoms with van der Waals surface area (Å²) in [5.74, 6) is 1.38. The summed E-state index contributed by atoms with van der Waals surface area (Å²) in [5.41, 5.74) is 2.80. The highest BCUT2D eigenvalue weighted by atomic mass is 35.5. The van der Waals surface area contributed by atoms with E-state index in [1.165, 1.54) is 5.56 Å². The van der Waals surface area contributed by atoms with Crippen LogP contribution in [0.1, 0.15) is 28.8 Å². The van der Waals surface area contributed by atoms with Crippen molar-refractivity contribution in [2.24, 2.45) is 0 Å². The standard InChI is InChI=1S/C23H24ClN5O/c1-16-5-7-19(8-6-16)26-21-9-12-25-23(28-21)29-13-10-20(11-14-29)27-22(30)17-3-2-4-18(24)15-17/h2-9,12,15,20H,10-11,13-14H2,1H3,(H,27,30)(H,25,26,28). The van der Waals surface area contributed by atoms with Gasteiger partial charge in [0.1, 0.15) is 5.82 Å². The van der Waals surface area contributed by atoms with Gasteiger partial charge in [-0.3, -0.25) is 4.79 Å². The van der Waals surface area contributed by atoms with Crippen LogP contribution in [0.4, 0.5) is 17.5 Å². The van der Waals surface area contributed by atoms with Crippen molar-refractivity contribution in [2.45, 2.75) is 25.8 Å². The normalized spacial score (nSPS) is 14.4. The maximum Gasteiger partial charge on any atom is 0.251 e. The highest BCUT2D eigenvalue weighted by molar-refractivity contribution is 6.30. The van der Waals surface area contributed by atoms with Gasteiger partial charge in [-0.15, -0.1) is 0 Å². The number of anilines is 3. The van der Waals surface area contributed by atoms with E-state index in [0.717, 1.165) is 37.4 Å². The number of hydrogen-bond donors (Lipinski definition) is 2. The molecule has 0 bridgehead atoms. The van der Waals surface area contributed by atoms with E-state index in [1.807, 2.05) is 18.2 Å². The maximum atomic E-state index is 12.4. The number of nitrogens with one attached hydrogen (secondary N) is 2. The van der Waals surface area contributed by atoms with Crippen molar-refractivity contribution >= 4 is 35.0 Å². The molecule has 2 heterocycles. The fourth-order valence-corrected chi connectivity index (χ4v) is 3.67. The topological polar surface area (TPSA) is 70.2 Å². The molecule has 0 unspecified atom stereocenters. The van der Waals surface area contributed by atoms with Gasteiger partial charge in [-0.05, 0) is 56.2 Å². The Kier molecular flexibility index (Phi) is 6.14. The summed E-state index contributed by atoms with van der Waals surface area (Å²) in [7, 11) is 0. The second-order valence-electron chi connectivity index (χ2n) is 7.48. The first kappa shape index (κ1) is 20.2. The Morgan fingerprint density at radius 3 is 2.60 bits per heavy atom. The summed E-state index contributed by atoms with van der Waals surface area (Å²) < 4.78 is 0. The SMILES string of the molecule is Cc1ccc(Nc2ccnc(N3CCC(NC(=O)c4cccc(Cl)c4)CC3)n2)cc1. The zero-order chi connectivity index (χ0) is 20.9. The third-order valence-electron chi connectivity index (χ3n) is 5.17. The van der Waals surface area contributed by atoms with Crippen molar-refractivity contribution < 1.29 is 4.79 Å². The number of benzene rings is 2. The van der Waals surface area contributed by atoms with Crippen LogP contribution in [0.25, 0.3) is 0 Å².